The normalized spacial score (nSPS) is 13.7. The zero-order valence-corrected chi connectivity index (χ0v) is 10.8. The number of nitrogens with one attached hydrogen (secondary N) is 2. The monoisotopic (exact) mass is 300 g/mol. The second-order valence-electron chi connectivity index (χ2n) is 4.23. The topological polar surface area (TPSA) is 78.4 Å². The van der Waals surface area contributed by atoms with Crippen molar-refractivity contribution in [2.75, 3.05) is 5.32 Å². The summed E-state index contributed by atoms with van der Waals surface area (Å²) in [5, 5.41) is 12.2. The number of hydrogen-bond acceptors (Lipinski definition) is 2. The van der Waals surface area contributed by atoms with Crippen LogP contribution in [0.2, 0.25) is 0 Å². The molecule has 0 heterocycles. The first-order valence-corrected chi connectivity index (χ1v) is 5.56. The smallest absolute Gasteiger partial charge is 0.422 e. The minimum atomic E-state index is -5.16. The van der Waals surface area contributed by atoms with Gasteiger partial charge in [-0.25, -0.2) is 9.59 Å². The Labute approximate surface area is 118 Å². The van der Waals surface area contributed by atoms with Gasteiger partial charge >= 0.3 is 18.2 Å². The number of hydrogen-bond donors (Lipinski definition) is 3. The Balaban J connectivity index is 2.90. The van der Waals surface area contributed by atoms with E-state index in [2.05, 4.69) is 11.2 Å². The van der Waals surface area contributed by atoms with Gasteiger partial charge in [-0.1, -0.05) is 12.0 Å². The molecule has 1 aromatic carbocycles. The number of halogens is 3. The van der Waals surface area contributed by atoms with Crippen molar-refractivity contribution in [2.24, 2.45) is 0 Å². The molecular weight excluding hydrogens is 289 g/mol. The van der Waals surface area contributed by atoms with E-state index in [1.54, 1.807) is 6.07 Å². The first-order valence-electron chi connectivity index (χ1n) is 5.56. The molecule has 3 N–H and O–H groups in total. The van der Waals surface area contributed by atoms with Crippen LogP contribution >= 0.6 is 0 Å². The van der Waals surface area contributed by atoms with Crippen LogP contribution in [0.15, 0.2) is 24.3 Å². The lowest BCUT2D eigenvalue weighted by Crippen LogP contribution is -2.62. The van der Waals surface area contributed by atoms with Crippen molar-refractivity contribution in [3.05, 3.63) is 29.8 Å². The Morgan fingerprint density at radius 1 is 1.33 bits per heavy atom. The molecular formula is C13H11F3N2O3. The SMILES string of the molecule is C#Cc1cccc(NC(=O)NC(C)(C(=O)O)C(F)(F)F)c1. The van der Waals surface area contributed by atoms with E-state index in [0.29, 0.717) is 12.5 Å². The Morgan fingerprint density at radius 2 is 1.95 bits per heavy atom. The summed E-state index contributed by atoms with van der Waals surface area (Å²) in [6.45, 7) is 0.354. The molecule has 0 spiro atoms. The number of carboxylic acid groups (broad SMARTS) is 1. The molecule has 0 aromatic heterocycles. The highest BCUT2D eigenvalue weighted by atomic mass is 19.4. The van der Waals surface area contributed by atoms with E-state index in [1.165, 1.54) is 23.5 Å². The van der Waals surface area contributed by atoms with Crippen molar-refractivity contribution >= 4 is 17.7 Å². The van der Waals surface area contributed by atoms with Crippen LogP contribution in [-0.4, -0.2) is 28.8 Å². The lowest BCUT2D eigenvalue weighted by Gasteiger charge is -2.28. The van der Waals surface area contributed by atoms with Gasteiger partial charge in [-0.3, -0.25) is 0 Å². The molecule has 0 fully saturated rings. The Kier molecular flexibility index (Phi) is 4.48. The molecule has 0 aliphatic carbocycles. The van der Waals surface area contributed by atoms with E-state index in [0.717, 1.165) is 0 Å². The third-order valence-electron chi connectivity index (χ3n) is 2.65. The van der Waals surface area contributed by atoms with Crippen molar-refractivity contribution in [2.45, 2.75) is 18.6 Å². The van der Waals surface area contributed by atoms with Crippen molar-refractivity contribution in [3.8, 4) is 12.3 Å². The van der Waals surface area contributed by atoms with Gasteiger partial charge in [0.1, 0.15) is 0 Å². The van der Waals surface area contributed by atoms with Crippen molar-refractivity contribution < 1.29 is 27.9 Å². The molecule has 21 heavy (non-hydrogen) atoms. The quantitative estimate of drug-likeness (QED) is 0.749. The highest BCUT2D eigenvalue weighted by Gasteiger charge is 2.58. The fourth-order valence-electron chi connectivity index (χ4n) is 1.32. The van der Waals surface area contributed by atoms with Crippen LogP contribution in [0.5, 0.6) is 0 Å². The van der Waals surface area contributed by atoms with Gasteiger partial charge in [0.25, 0.3) is 0 Å². The Hall–Kier alpha value is -2.69. The molecule has 0 bridgehead atoms. The lowest BCUT2D eigenvalue weighted by molar-refractivity contribution is -0.203. The van der Waals surface area contributed by atoms with Crippen LogP contribution in [0.3, 0.4) is 0 Å². The van der Waals surface area contributed by atoms with E-state index in [1.807, 2.05) is 0 Å². The van der Waals surface area contributed by atoms with Crippen LogP contribution in [-0.2, 0) is 4.79 Å². The third-order valence-corrected chi connectivity index (χ3v) is 2.65. The lowest BCUT2D eigenvalue weighted by atomic mass is 10.0. The van der Waals surface area contributed by atoms with Gasteiger partial charge in [0, 0.05) is 11.3 Å². The number of alkyl halides is 3. The number of amides is 2. The molecule has 1 aromatic rings. The van der Waals surface area contributed by atoms with Gasteiger partial charge in [0.15, 0.2) is 0 Å². The van der Waals surface area contributed by atoms with Gasteiger partial charge in [0.05, 0.1) is 0 Å². The number of carboxylic acids is 1. The molecule has 1 unspecified atom stereocenters. The first kappa shape index (κ1) is 16.4. The summed E-state index contributed by atoms with van der Waals surface area (Å²) in [6.07, 6.45) is -0.0126. The summed E-state index contributed by atoms with van der Waals surface area (Å²) < 4.78 is 38.2. The van der Waals surface area contributed by atoms with Crippen LogP contribution in [0.25, 0.3) is 0 Å². The number of aliphatic carboxylic acids is 1. The molecule has 112 valence electrons. The fraction of sp³-hybridized carbons (Fsp3) is 0.231. The van der Waals surface area contributed by atoms with Crippen molar-refractivity contribution in [1.29, 1.82) is 0 Å². The summed E-state index contributed by atoms with van der Waals surface area (Å²) in [4.78, 5) is 22.3. The standard InChI is InChI=1S/C13H11F3N2O3/c1-3-8-5-4-6-9(7-8)17-11(21)18-12(2,10(19)20)13(14,15)16/h1,4-7H,2H3,(H,19,20)(H2,17,18,21). The van der Waals surface area contributed by atoms with E-state index in [9.17, 15) is 22.8 Å². The number of anilines is 1. The largest absolute Gasteiger partial charge is 0.479 e. The first-order chi connectivity index (χ1) is 9.60. The number of rotatable bonds is 3. The van der Waals surface area contributed by atoms with E-state index >= 15 is 0 Å². The molecule has 0 saturated heterocycles. The maximum atomic E-state index is 12.7. The summed E-state index contributed by atoms with van der Waals surface area (Å²) in [6, 6.07) is 4.48. The molecule has 1 atom stereocenters. The second kappa shape index (κ2) is 5.75. The summed E-state index contributed by atoms with van der Waals surface area (Å²) in [5.41, 5.74) is -2.86. The minimum Gasteiger partial charge on any atom is -0.479 e. The molecule has 5 nitrogen and oxygen atoms in total. The van der Waals surface area contributed by atoms with Gasteiger partial charge in [-0.2, -0.15) is 13.2 Å². The predicted octanol–water partition coefficient (Wildman–Crippen LogP) is 2.20. The highest BCUT2D eigenvalue weighted by molar-refractivity contribution is 5.94. The van der Waals surface area contributed by atoms with E-state index in [4.69, 9.17) is 11.5 Å². The summed E-state index contributed by atoms with van der Waals surface area (Å²) >= 11 is 0. The Bertz CT molecular complexity index is 607. The molecule has 0 saturated carbocycles. The number of carbonyl (C=O) groups excluding carboxylic acids is 1. The molecule has 2 amide bonds. The van der Waals surface area contributed by atoms with Crippen LogP contribution in [0, 0.1) is 12.3 Å². The van der Waals surface area contributed by atoms with Crippen LogP contribution < -0.4 is 10.6 Å². The summed E-state index contributed by atoms with van der Waals surface area (Å²) in [5.74, 6) is 0.0656. The van der Waals surface area contributed by atoms with Crippen LogP contribution in [0.4, 0.5) is 23.7 Å². The van der Waals surface area contributed by atoms with E-state index in [-0.39, 0.29) is 5.69 Å². The number of benzene rings is 1. The van der Waals surface area contributed by atoms with Gasteiger partial charge < -0.3 is 15.7 Å². The molecule has 1 rings (SSSR count). The maximum Gasteiger partial charge on any atom is 0.422 e. The summed E-state index contributed by atoms with van der Waals surface area (Å²) in [7, 11) is 0. The number of urea groups is 1. The van der Waals surface area contributed by atoms with Gasteiger partial charge in [-0.15, -0.1) is 6.42 Å². The Morgan fingerprint density at radius 3 is 2.43 bits per heavy atom. The van der Waals surface area contributed by atoms with Crippen LogP contribution in [0.1, 0.15) is 12.5 Å². The number of terminal acetylenes is 1. The third kappa shape index (κ3) is 3.66. The second-order valence-corrected chi connectivity index (χ2v) is 4.23. The van der Waals surface area contributed by atoms with Gasteiger partial charge in [-0.05, 0) is 25.1 Å². The average molecular weight is 300 g/mol. The van der Waals surface area contributed by atoms with Gasteiger partial charge in [0.2, 0.25) is 5.54 Å². The van der Waals surface area contributed by atoms with E-state index < -0.39 is 23.7 Å². The zero-order chi connectivity index (χ0) is 16.3. The molecule has 8 heteroatoms. The van der Waals surface area contributed by atoms with Crippen molar-refractivity contribution in [3.63, 3.8) is 0 Å². The predicted molar refractivity (Wildman–Crippen MR) is 68.6 cm³/mol. The minimum absolute atomic E-state index is 0.137. The van der Waals surface area contributed by atoms with Crippen molar-refractivity contribution in [1.82, 2.24) is 5.32 Å². The fourth-order valence-corrected chi connectivity index (χ4v) is 1.32. The maximum absolute atomic E-state index is 12.7. The zero-order valence-electron chi connectivity index (χ0n) is 10.8. The number of carbonyl (C=O) groups is 2. The molecule has 0 aliphatic heterocycles. The molecule has 0 radical (unpaired) electrons. The average Bonchev–Trinajstić information content (AvgIpc) is 2.37. The highest BCUT2D eigenvalue weighted by Crippen LogP contribution is 2.30. The molecule has 0 aliphatic rings.